The fourth-order valence-electron chi connectivity index (χ4n) is 9.02. The summed E-state index contributed by atoms with van der Waals surface area (Å²) in [6, 6.07) is 65.7. The number of benzene rings is 10. The summed E-state index contributed by atoms with van der Waals surface area (Å²) >= 11 is 0. The van der Waals surface area contributed by atoms with Crippen molar-refractivity contribution in [3.05, 3.63) is 182 Å². The van der Waals surface area contributed by atoms with Crippen LogP contribution in [0.2, 0.25) is 0 Å². The summed E-state index contributed by atoms with van der Waals surface area (Å²) in [5, 5.41) is 14.3. The van der Waals surface area contributed by atoms with E-state index in [1.165, 1.54) is 65.3 Å². The molecular weight excluding hydrogens is 657 g/mol. The van der Waals surface area contributed by atoms with Crippen LogP contribution in [0.4, 0.5) is 0 Å². The van der Waals surface area contributed by atoms with E-state index in [0.29, 0.717) is 0 Å². The van der Waals surface area contributed by atoms with Crippen molar-refractivity contribution in [3.63, 3.8) is 0 Å². The second-order valence-corrected chi connectivity index (χ2v) is 14.4. The summed E-state index contributed by atoms with van der Waals surface area (Å²) in [6.45, 7) is 0. The molecule has 2 heterocycles. The second-order valence-electron chi connectivity index (χ2n) is 14.4. The highest BCUT2D eigenvalue weighted by molar-refractivity contribution is 6.25. The van der Waals surface area contributed by atoms with Crippen LogP contribution < -0.4 is 0 Å². The van der Waals surface area contributed by atoms with Crippen LogP contribution in [0.3, 0.4) is 0 Å². The van der Waals surface area contributed by atoms with Gasteiger partial charge < -0.3 is 8.83 Å². The number of furan rings is 2. The van der Waals surface area contributed by atoms with E-state index in [1.54, 1.807) is 0 Å². The Kier molecular flexibility index (Phi) is 6.09. The van der Waals surface area contributed by atoms with Gasteiger partial charge in [-0.3, -0.25) is 0 Å². The molecule has 12 rings (SSSR count). The van der Waals surface area contributed by atoms with Gasteiger partial charge in [-0.05, 0) is 107 Å². The molecule has 0 amide bonds. The van der Waals surface area contributed by atoms with E-state index in [1.807, 2.05) is 18.2 Å². The Morgan fingerprint density at radius 2 is 0.778 bits per heavy atom. The Labute approximate surface area is 310 Å². The third-order valence-corrected chi connectivity index (χ3v) is 11.4. The molecule has 0 bridgehead atoms. The standard InChI is InChI=1S/C52H30O2/c1-2-12-31(13-3-1)50-39-17-6-8-19-41(39)51(42-20-9-7-18-40(42)50)35-25-23-32-26-34(24-22-33(32)27-35)43-29-49-52(38-16-5-4-14-36(38)43)45-28-44-37-15-10-11-21-46(37)53-47(44)30-48(45)54-49/h1-30H. The van der Waals surface area contributed by atoms with Gasteiger partial charge in [0.15, 0.2) is 0 Å². The van der Waals surface area contributed by atoms with E-state index in [4.69, 9.17) is 8.83 Å². The zero-order valence-electron chi connectivity index (χ0n) is 29.1. The van der Waals surface area contributed by atoms with Gasteiger partial charge in [0.1, 0.15) is 22.3 Å². The van der Waals surface area contributed by atoms with Crippen molar-refractivity contribution in [3.8, 4) is 33.4 Å². The molecule has 2 nitrogen and oxygen atoms in total. The summed E-state index contributed by atoms with van der Waals surface area (Å²) in [4.78, 5) is 0. The summed E-state index contributed by atoms with van der Waals surface area (Å²) in [5.74, 6) is 0. The van der Waals surface area contributed by atoms with Gasteiger partial charge in [0.2, 0.25) is 0 Å². The van der Waals surface area contributed by atoms with Crippen LogP contribution in [-0.4, -0.2) is 0 Å². The average molecular weight is 687 g/mol. The van der Waals surface area contributed by atoms with Crippen LogP contribution in [0.5, 0.6) is 0 Å². The summed E-state index contributed by atoms with van der Waals surface area (Å²) < 4.78 is 12.8. The number of hydrogen-bond acceptors (Lipinski definition) is 2. The molecule has 0 aliphatic carbocycles. The van der Waals surface area contributed by atoms with Gasteiger partial charge >= 0.3 is 0 Å². The van der Waals surface area contributed by atoms with Crippen LogP contribution in [0, 0.1) is 0 Å². The van der Waals surface area contributed by atoms with Gasteiger partial charge in [0, 0.05) is 27.6 Å². The first-order valence-electron chi connectivity index (χ1n) is 18.5. The van der Waals surface area contributed by atoms with E-state index in [0.717, 1.165) is 55.0 Å². The van der Waals surface area contributed by atoms with Crippen molar-refractivity contribution in [2.75, 3.05) is 0 Å². The highest BCUT2D eigenvalue weighted by Gasteiger charge is 2.19. The van der Waals surface area contributed by atoms with E-state index < -0.39 is 0 Å². The lowest BCUT2D eigenvalue weighted by atomic mass is 9.85. The van der Waals surface area contributed by atoms with Crippen LogP contribution in [0.15, 0.2) is 191 Å². The molecule has 0 atom stereocenters. The minimum absolute atomic E-state index is 0.835. The van der Waals surface area contributed by atoms with Gasteiger partial charge in [0.25, 0.3) is 0 Å². The van der Waals surface area contributed by atoms with Crippen LogP contribution >= 0.6 is 0 Å². The molecule has 2 aromatic heterocycles. The van der Waals surface area contributed by atoms with Crippen molar-refractivity contribution >= 4 is 87.0 Å². The molecule has 54 heavy (non-hydrogen) atoms. The Morgan fingerprint density at radius 1 is 0.259 bits per heavy atom. The third-order valence-electron chi connectivity index (χ3n) is 11.4. The zero-order valence-corrected chi connectivity index (χ0v) is 29.1. The predicted molar refractivity (Wildman–Crippen MR) is 227 cm³/mol. The van der Waals surface area contributed by atoms with Gasteiger partial charge in [-0.1, -0.05) is 146 Å². The topological polar surface area (TPSA) is 26.3 Å². The average Bonchev–Trinajstić information content (AvgIpc) is 3.78. The number of hydrogen-bond donors (Lipinski definition) is 0. The van der Waals surface area contributed by atoms with Crippen molar-refractivity contribution in [2.45, 2.75) is 0 Å². The lowest BCUT2D eigenvalue weighted by Crippen LogP contribution is -1.91. The van der Waals surface area contributed by atoms with Crippen molar-refractivity contribution in [1.82, 2.24) is 0 Å². The van der Waals surface area contributed by atoms with E-state index >= 15 is 0 Å². The maximum atomic E-state index is 6.63. The molecule has 250 valence electrons. The summed E-state index contributed by atoms with van der Waals surface area (Å²) in [7, 11) is 0. The largest absolute Gasteiger partial charge is 0.456 e. The fraction of sp³-hybridized carbons (Fsp3) is 0. The molecule has 0 N–H and O–H groups in total. The second kappa shape index (κ2) is 11.2. The first-order valence-corrected chi connectivity index (χ1v) is 18.5. The molecule has 0 aliphatic heterocycles. The Morgan fingerprint density at radius 3 is 1.48 bits per heavy atom. The summed E-state index contributed by atoms with van der Waals surface area (Å²) in [6.07, 6.45) is 0. The maximum absolute atomic E-state index is 6.63. The lowest BCUT2D eigenvalue weighted by Gasteiger charge is -2.18. The monoisotopic (exact) mass is 686 g/mol. The number of rotatable bonds is 3. The molecule has 0 aliphatic rings. The smallest absolute Gasteiger partial charge is 0.139 e. The molecule has 10 aromatic carbocycles. The van der Waals surface area contributed by atoms with Crippen molar-refractivity contribution in [2.24, 2.45) is 0 Å². The van der Waals surface area contributed by atoms with Crippen LogP contribution in [-0.2, 0) is 0 Å². The number of fused-ring (bicyclic) bond motifs is 11. The van der Waals surface area contributed by atoms with Crippen molar-refractivity contribution in [1.29, 1.82) is 0 Å². The highest BCUT2D eigenvalue weighted by Crippen LogP contribution is 2.46. The maximum Gasteiger partial charge on any atom is 0.139 e. The lowest BCUT2D eigenvalue weighted by molar-refractivity contribution is 0.656. The van der Waals surface area contributed by atoms with E-state index in [9.17, 15) is 0 Å². The van der Waals surface area contributed by atoms with Crippen molar-refractivity contribution < 1.29 is 8.83 Å². The normalized spacial score (nSPS) is 12.1. The molecule has 0 radical (unpaired) electrons. The number of para-hydroxylation sites is 1. The predicted octanol–water partition coefficient (Wildman–Crippen LogP) is 15.1. The van der Waals surface area contributed by atoms with Crippen LogP contribution in [0.25, 0.3) is 120 Å². The molecule has 0 spiro atoms. The first kappa shape index (κ1) is 29.4. The fourth-order valence-corrected chi connectivity index (χ4v) is 9.02. The molecule has 12 aromatic rings. The van der Waals surface area contributed by atoms with Gasteiger partial charge in [0.05, 0.1) is 0 Å². The minimum Gasteiger partial charge on any atom is -0.456 e. The molecule has 0 unspecified atom stereocenters. The third kappa shape index (κ3) is 4.22. The van der Waals surface area contributed by atoms with E-state index in [-0.39, 0.29) is 0 Å². The van der Waals surface area contributed by atoms with Crippen LogP contribution in [0.1, 0.15) is 0 Å². The first-order chi connectivity index (χ1) is 26.8. The highest BCUT2D eigenvalue weighted by atomic mass is 16.3. The Balaban J connectivity index is 1.03. The van der Waals surface area contributed by atoms with Gasteiger partial charge in [-0.15, -0.1) is 0 Å². The van der Waals surface area contributed by atoms with Gasteiger partial charge in [-0.25, -0.2) is 0 Å². The van der Waals surface area contributed by atoms with E-state index in [2.05, 4.69) is 164 Å². The molecule has 2 heteroatoms. The molecule has 0 fully saturated rings. The molecule has 0 saturated heterocycles. The Bertz CT molecular complexity index is 3430. The minimum atomic E-state index is 0.835. The summed E-state index contributed by atoms with van der Waals surface area (Å²) in [5.41, 5.74) is 10.8. The molecule has 0 saturated carbocycles. The SMILES string of the molecule is c1ccc(-c2c3ccccc3c(-c3ccc4cc(-c5cc6oc7cc8oc9ccccc9c8cc7c6c6ccccc56)ccc4c3)c3ccccc23)cc1. The Hall–Kier alpha value is -7.16. The van der Waals surface area contributed by atoms with Gasteiger partial charge in [-0.2, -0.15) is 0 Å². The zero-order chi connectivity index (χ0) is 35.3. The quantitative estimate of drug-likeness (QED) is 0.173. The molecular formula is C52H30O2.